The second kappa shape index (κ2) is 11.7. The van der Waals surface area contributed by atoms with Crippen LogP contribution in [0.15, 0.2) is 0 Å². The number of carbonyl (C=O) groups is 1. The summed E-state index contributed by atoms with van der Waals surface area (Å²) in [4.78, 5) is 10.1. The van der Waals surface area contributed by atoms with E-state index in [1.165, 1.54) is 0 Å². The van der Waals surface area contributed by atoms with Crippen molar-refractivity contribution < 1.29 is 24.1 Å². The van der Waals surface area contributed by atoms with Gasteiger partial charge in [-0.15, -0.1) is 0 Å². The van der Waals surface area contributed by atoms with Crippen molar-refractivity contribution in [1.29, 1.82) is 0 Å². The fraction of sp³-hybridized carbons (Fsp3) is 0.917. The molecule has 0 amide bonds. The molecule has 17 heavy (non-hydrogen) atoms. The molecule has 1 unspecified atom stereocenters. The van der Waals surface area contributed by atoms with Gasteiger partial charge in [0.05, 0.1) is 25.9 Å². The van der Waals surface area contributed by atoms with E-state index in [1.54, 1.807) is 0 Å². The Bertz CT molecular complexity index is 184. The van der Waals surface area contributed by atoms with Crippen molar-refractivity contribution >= 4 is 6.16 Å². The molecule has 5 nitrogen and oxygen atoms in total. The van der Waals surface area contributed by atoms with Crippen LogP contribution >= 0.6 is 0 Å². The third-order valence-electron chi connectivity index (χ3n) is 2.34. The maximum absolute atomic E-state index is 10.1. The van der Waals surface area contributed by atoms with Crippen molar-refractivity contribution in [3.8, 4) is 0 Å². The van der Waals surface area contributed by atoms with Crippen LogP contribution in [-0.2, 0) is 14.2 Å². The summed E-state index contributed by atoms with van der Waals surface area (Å²) in [5.74, 6) is 0. The van der Waals surface area contributed by atoms with Crippen LogP contribution in [0.25, 0.3) is 0 Å². The molecule has 0 saturated carbocycles. The molecule has 0 aromatic carbocycles. The molecule has 1 atom stereocenters. The normalized spacial score (nSPS) is 12.4. The number of hydrogen-bond donors (Lipinski definition) is 1. The topological polar surface area (TPSA) is 65.0 Å². The molecule has 0 spiro atoms. The first-order chi connectivity index (χ1) is 8.20. The van der Waals surface area contributed by atoms with Gasteiger partial charge in [-0.25, -0.2) is 4.79 Å². The van der Waals surface area contributed by atoms with Crippen LogP contribution in [0.4, 0.5) is 4.79 Å². The zero-order valence-corrected chi connectivity index (χ0v) is 10.8. The van der Waals surface area contributed by atoms with Gasteiger partial charge in [0.25, 0.3) is 0 Å². The summed E-state index contributed by atoms with van der Waals surface area (Å²) in [6, 6.07) is 0. The Kier molecular flexibility index (Phi) is 11.1. The Balaban J connectivity index is 3.38. The van der Waals surface area contributed by atoms with Crippen LogP contribution in [0.2, 0.25) is 0 Å². The smallest absolute Gasteiger partial charge is 0.450 e. The summed E-state index contributed by atoms with van der Waals surface area (Å²) < 4.78 is 15.4. The van der Waals surface area contributed by atoms with Crippen LogP contribution in [-0.4, -0.2) is 43.8 Å². The van der Waals surface area contributed by atoms with Gasteiger partial charge in [-0.2, -0.15) is 0 Å². The number of unbranched alkanes of at least 4 members (excludes halogenated alkanes) is 1. The summed E-state index contributed by atoms with van der Waals surface area (Å²) >= 11 is 0. The van der Waals surface area contributed by atoms with E-state index in [1.807, 2.05) is 6.92 Å². The van der Waals surface area contributed by atoms with Gasteiger partial charge in [0.1, 0.15) is 0 Å². The van der Waals surface area contributed by atoms with Gasteiger partial charge in [-0.1, -0.05) is 20.3 Å². The maximum Gasteiger partial charge on any atom is 0.505 e. The standard InChI is InChI=1S/C12H24O5/c1-3-5-7-15-9-10-16-11(4-2)6-8-17-12(13)14/h11H,3-10H2,1-2H3,(H,13,14). The van der Waals surface area contributed by atoms with Gasteiger partial charge in [0.2, 0.25) is 0 Å². The molecule has 0 heterocycles. The number of carboxylic acid groups (broad SMARTS) is 1. The first kappa shape index (κ1) is 16.2. The maximum atomic E-state index is 10.1. The molecule has 0 aromatic heterocycles. The highest BCUT2D eigenvalue weighted by Crippen LogP contribution is 2.04. The third-order valence-corrected chi connectivity index (χ3v) is 2.34. The lowest BCUT2D eigenvalue weighted by atomic mass is 10.2. The summed E-state index contributed by atoms with van der Waals surface area (Å²) in [5, 5.41) is 8.31. The van der Waals surface area contributed by atoms with Gasteiger partial charge < -0.3 is 19.3 Å². The monoisotopic (exact) mass is 248 g/mol. The van der Waals surface area contributed by atoms with Crippen LogP contribution < -0.4 is 0 Å². The van der Waals surface area contributed by atoms with E-state index >= 15 is 0 Å². The van der Waals surface area contributed by atoms with Crippen molar-refractivity contribution in [2.24, 2.45) is 0 Å². The molecule has 1 N–H and O–H groups in total. The average Bonchev–Trinajstić information content (AvgIpc) is 2.30. The van der Waals surface area contributed by atoms with E-state index in [0.717, 1.165) is 25.9 Å². The summed E-state index contributed by atoms with van der Waals surface area (Å²) in [7, 11) is 0. The Hall–Kier alpha value is -0.810. The molecule has 0 aliphatic heterocycles. The molecule has 0 fully saturated rings. The molecule has 0 aromatic rings. The Morgan fingerprint density at radius 1 is 1.18 bits per heavy atom. The van der Waals surface area contributed by atoms with Crippen molar-refractivity contribution in [3.63, 3.8) is 0 Å². The lowest BCUT2D eigenvalue weighted by Crippen LogP contribution is -2.18. The highest BCUT2D eigenvalue weighted by Gasteiger charge is 2.07. The quantitative estimate of drug-likeness (QED) is 0.450. The SMILES string of the molecule is CCCCOCCOC(CC)CCOC(=O)O. The van der Waals surface area contributed by atoms with Gasteiger partial charge in [-0.05, 0) is 12.8 Å². The molecular formula is C12H24O5. The lowest BCUT2D eigenvalue weighted by molar-refractivity contribution is -0.0105. The average molecular weight is 248 g/mol. The molecule has 0 aliphatic rings. The van der Waals surface area contributed by atoms with Crippen LogP contribution in [0.3, 0.4) is 0 Å². The number of hydrogen-bond acceptors (Lipinski definition) is 4. The van der Waals surface area contributed by atoms with E-state index in [9.17, 15) is 4.79 Å². The van der Waals surface area contributed by atoms with Crippen molar-refractivity contribution in [3.05, 3.63) is 0 Å². The van der Waals surface area contributed by atoms with Gasteiger partial charge in [-0.3, -0.25) is 0 Å². The van der Waals surface area contributed by atoms with Gasteiger partial charge in [0.15, 0.2) is 0 Å². The van der Waals surface area contributed by atoms with Gasteiger partial charge in [0, 0.05) is 13.0 Å². The van der Waals surface area contributed by atoms with E-state index in [4.69, 9.17) is 14.6 Å². The van der Waals surface area contributed by atoms with Crippen molar-refractivity contribution in [2.75, 3.05) is 26.4 Å². The molecule has 0 rings (SSSR count). The minimum Gasteiger partial charge on any atom is -0.450 e. The predicted molar refractivity (Wildman–Crippen MR) is 64.4 cm³/mol. The van der Waals surface area contributed by atoms with E-state index in [-0.39, 0.29) is 12.7 Å². The predicted octanol–water partition coefficient (Wildman–Crippen LogP) is 2.68. The Labute approximate surface area is 103 Å². The summed E-state index contributed by atoms with van der Waals surface area (Å²) in [6.07, 6.45) is 2.46. The fourth-order valence-corrected chi connectivity index (χ4v) is 1.31. The van der Waals surface area contributed by atoms with Gasteiger partial charge >= 0.3 is 6.16 Å². The first-order valence-electron chi connectivity index (χ1n) is 6.25. The summed E-state index contributed by atoms with van der Waals surface area (Å²) in [6.45, 7) is 6.23. The Morgan fingerprint density at radius 3 is 2.53 bits per heavy atom. The molecule has 0 saturated heterocycles. The highest BCUT2D eigenvalue weighted by molar-refractivity contribution is 5.56. The first-order valence-corrected chi connectivity index (χ1v) is 6.25. The number of ether oxygens (including phenoxy) is 3. The van der Waals surface area contributed by atoms with Crippen LogP contribution in [0.5, 0.6) is 0 Å². The molecule has 5 heteroatoms. The van der Waals surface area contributed by atoms with Crippen LogP contribution in [0.1, 0.15) is 39.5 Å². The second-order valence-corrected chi connectivity index (χ2v) is 3.77. The molecule has 102 valence electrons. The molecular weight excluding hydrogens is 224 g/mol. The molecule has 0 radical (unpaired) electrons. The zero-order chi connectivity index (χ0) is 12.9. The summed E-state index contributed by atoms with van der Waals surface area (Å²) in [5.41, 5.74) is 0. The minimum absolute atomic E-state index is 0.0455. The van der Waals surface area contributed by atoms with Crippen molar-refractivity contribution in [2.45, 2.75) is 45.6 Å². The fourth-order valence-electron chi connectivity index (χ4n) is 1.31. The molecule has 0 bridgehead atoms. The zero-order valence-electron chi connectivity index (χ0n) is 10.8. The van der Waals surface area contributed by atoms with E-state index in [2.05, 4.69) is 11.7 Å². The second-order valence-electron chi connectivity index (χ2n) is 3.77. The minimum atomic E-state index is -1.23. The van der Waals surface area contributed by atoms with E-state index < -0.39 is 6.16 Å². The third kappa shape index (κ3) is 11.5. The van der Waals surface area contributed by atoms with Crippen molar-refractivity contribution in [1.82, 2.24) is 0 Å². The van der Waals surface area contributed by atoms with E-state index in [0.29, 0.717) is 19.6 Å². The van der Waals surface area contributed by atoms with Crippen LogP contribution in [0, 0.1) is 0 Å². The number of rotatable bonds is 11. The Morgan fingerprint density at radius 2 is 1.94 bits per heavy atom. The molecule has 0 aliphatic carbocycles. The largest absolute Gasteiger partial charge is 0.505 e. The lowest BCUT2D eigenvalue weighted by Gasteiger charge is -2.15. The highest BCUT2D eigenvalue weighted by atomic mass is 16.7.